The third kappa shape index (κ3) is 3.17. The van der Waals surface area contributed by atoms with Crippen molar-refractivity contribution in [3.8, 4) is 0 Å². The van der Waals surface area contributed by atoms with Gasteiger partial charge < -0.3 is 16.4 Å². The lowest BCUT2D eigenvalue weighted by atomic mass is 10.0. The van der Waals surface area contributed by atoms with Crippen LogP contribution in [0.2, 0.25) is 0 Å². The Labute approximate surface area is 99.6 Å². The number of amides is 2. The Morgan fingerprint density at radius 1 is 1.41 bits per heavy atom. The molecule has 0 unspecified atom stereocenters. The van der Waals surface area contributed by atoms with Crippen molar-refractivity contribution < 1.29 is 9.59 Å². The van der Waals surface area contributed by atoms with Crippen molar-refractivity contribution in [3.63, 3.8) is 0 Å². The van der Waals surface area contributed by atoms with E-state index < -0.39 is 17.4 Å². The zero-order chi connectivity index (χ0) is 13.1. The number of rotatable bonds is 4. The van der Waals surface area contributed by atoms with Gasteiger partial charge >= 0.3 is 0 Å². The molecule has 1 aromatic heterocycles. The normalized spacial score (nSPS) is 10.8. The standard InChI is InChI=1S/C11H16N4O2/c1-11(2,10(12)17)15-9(16)8-6-7(13-3)4-5-14-8/h4-6H,1-3H3,(H2,12,17)(H,13,14)(H,15,16). The molecular formula is C11H16N4O2. The predicted octanol–water partition coefficient (Wildman–Crippen LogP) is 0.117. The number of hydrogen-bond donors (Lipinski definition) is 3. The maximum atomic E-state index is 11.8. The van der Waals surface area contributed by atoms with Gasteiger partial charge in [-0.05, 0) is 26.0 Å². The molecule has 0 fully saturated rings. The van der Waals surface area contributed by atoms with Crippen molar-refractivity contribution in [2.75, 3.05) is 12.4 Å². The average Bonchev–Trinajstić information content (AvgIpc) is 2.28. The maximum Gasteiger partial charge on any atom is 0.270 e. The molecule has 17 heavy (non-hydrogen) atoms. The van der Waals surface area contributed by atoms with E-state index in [9.17, 15) is 9.59 Å². The Balaban J connectivity index is 2.86. The summed E-state index contributed by atoms with van der Waals surface area (Å²) in [6, 6.07) is 3.32. The number of nitrogens with two attached hydrogens (primary N) is 1. The van der Waals surface area contributed by atoms with Crippen LogP contribution < -0.4 is 16.4 Å². The highest BCUT2D eigenvalue weighted by molar-refractivity contribution is 5.97. The molecule has 6 nitrogen and oxygen atoms in total. The number of aromatic nitrogens is 1. The first-order valence-corrected chi connectivity index (χ1v) is 5.13. The van der Waals surface area contributed by atoms with E-state index in [0.717, 1.165) is 5.69 Å². The molecule has 0 radical (unpaired) electrons. The molecule has 1 aromatic rings. The van der Waals surface area contributed by atoms with Gasteiger partial charge in [0.25, 0.3) is 5.91 Å². The number of nitrogens with zero attached hydrogens (tertiary/aromatic N) is 1. The third-order valence-corrected chi connectivity index (χ3v) is 2.32. The van der Waals surface area contributed by atoms with E-state index >= 15 is 0 Å². The molecule has 0 aliphatic carbocycles. The van der Waals surface area contributed by atoms with E-state index in [1.54, 1.807) is 19.2 Å². The third-order valence-electron chi connectivity index (χ3n) is 2.32. The molecular weight excluding hydrogens is 220 g/mol. The van der Waals surface area contributed by atoms with Gasteiger partial charge in [0.1, 0.15) is 11.2 Å². The lowest BCUT2D eigenvalue weighted by Gasteiger charge is -2.21. The number of primary amides is 1. The molecule has 1 heterocycles. The van der Waals surface area contributed by atoms with Crippen LogP contribution in [0.1, 0.15) is 24.3 Å². The lowest BCUT2D eigenvalue weighted by molar-refractivity contribution is -0.122. The number of pyridine rings is 1. The van der Waals surface area contributed by atoms with Crippen molar-refractivity contribution >= 4 is 17.5 Å². The zero-order valence-corrected chi connectivity index (χ0v) is 10.1. The molecule has 0 aliphatic rings. The van der Waals surface area contributed by atoms with Gasteiger partial charge in [0.05, 0.1) is 0 Å². The fraction of sp³-hybridized carbons (Fsp3) is 0.364. The van der Waals surface area contributed by atoms with Gasteiger partial charge in [0, 0.05) is 18.9 Å². The molecule has 4 N–H and O–H groups in total. The van der Waals surface area contributed by atoms with Crippen LogP contribution in [0.15, 0.2) is 18.3 Å². The van der Waals surface area contributed by atoms with Crippen LogP contribution in [-0.4, -0.2) is 29.4 Å². The Hall–Kier alpha value is -2.11. The van der Waals surface area contributed by atoms with Crippen LogP contribution in [0.25, 0.3) is 0 Å². The zero-order valence-electron chi connectivity index (χ0n) is 10.1. The van der Waals surface area contributed by atoms with Crippen LogP contribution >= 0.6 is 0 Å². The highest BCUT2D eigenvalue weighted by Gasteiger charge is 2.27. The summed E-state index contributed by atoms with van der Waals surface area (Å²) in [6.07, 6.45) is 1.51. The molecule has 0 aliphatic heterocycles. The van der Waals surface area contributed by atoms with E-state index in [1.165, 1.54) is 20.0 Å². The van der Waals surface area contributed by atoms with E-state index in [4.69, 9.17) is 5.73 Å². The van der Waals surface area contributed by atoms with E-state index in [2.05, 4.69) is 15.6 Å². The molecule has 0 saturated heterocycles. The largest absolute Gasteiger partial charge is 0.388 e. The van der Waals surface area contributed by atoms with Gasteiger partial charge in [-0.3, -0.25) is 14.6 Å². The van der Waals surface area contributed by atoms with Crippen molar-refractivity contribution in [2.24, 2.45) is 5.73 Å². The van der Waals surface area contributed by atoms with Crippen molar-refractivity contribution in [3.05, 3.63) is 24.0 Å². The van der Waals surface area contributed by atoms with E-state index in [-0.39, 0.29) is 5.69 Å². The summed E-state index contributed by atoms with van der Waals surface area (Å²) >= 11 is 0. The minimum absolute atomic E-state index is 0.228. The molecule has 2 amide bonds. The second kappa shape index (κ2) is 4.82. The first kappa shape index (κ1) is 13.0. The monoisotopic (exact) mass is 236 g/mol. The lowest BCUT2D eigenvalue weighted by Crippen LogP contribution is -2.53. The van der Waals surface area contributed by atoms with Crippen LogP contribution in [0, 0.1) is 0 Å². The molecule has 6 heteroatoms. The molecule has 0 atom stereocenters. The van der Waals surface area contributed by atoms with Crippen molar-refractivity contribution in [1.82, 2.24) is 10.3 Å². The maximum absolute atomic E-state index is 11.8. The smallest absolute Gasteiger partial charge is 0.270 e. The van der Waals surface area contributed by atoms with Gasteiger partial charge in [0.2, 0.25) is 5.91 Å². The Kier molecular flexibility index (Phi) is 3.67. The van der Waals surface area contributed by atoms with Gasteiger partial charge in [-0.1, -0.05) is 0 Å². The van der Waals surface area contributed by atoms with Crippen LogP contribution in [0.4, 0.5) is 5.69 Å². The number of hydrogen-bond acceptors (Lipinski definition) is 4. The molecule has 0 aromatic carbocycles. The van der Waals surface area contributed by atoms with Crippen LogP contribution in [0.3, 0.4) is 0 Å². The summed E-state index contributed by atoms with van der Waals surface area (Å²) < 4.78 is 0. The first-order valence-electron chi connectivity index (χ1n) is 5.13. The number of carbonyl (C=O) groups excluding carboxylic acids is 2. The SMILES string of the molecule is CNc1ccnc(C(=O)NC(C)(C)C(N)=O)c1. The van der Waals surface area contributed by atoms with Crippen LogP contribution in [0.5, 0.6) is 0 Å². The number of nitrogens with one attached hydrogen (secondary N) is 2. The van der Waals surface area contributed by atoms with Crippen molar-refractivity contribution in [2.45, 2.75) is 19.4 Å². The highest BCUT2D eigenvalue weighted by atomic mass is 16.2. The summed E-state index contributed by atoms with van der Waals surface area (Å²) in [5.41, 5.74) is 5.06. The van der Waals surface area contributed by atoms with Crippen molar-refractivity contribution in [1.29, 1.82) is 0 Å². The molecule has 0 spiro atoms. The fourth-order valence-corrected chi connectivity index (χ4v) is 1.12. The van der Waals surface area contributed by atoms with Gasteiger partial charge in [-0.15, -0.1) is 0 Å². The summed E-state index contributed by atoms with van der Waals surface area (Å²) in [5.74, 6) is -1.04. The van der Waals surface area contributed by atoms with E-state index in [1.807, 2.05) is 0 Å². The van der Waals surface area contributed by atoms with Gasteiger partial charge in [-0.25, -0.2) is 0 Å². The average molecular weight is 236 g/mol. The summed E-state index contributed by atoms with van der Waals surface area (Å²) in [5, 5.41) is 5.42. The Bertz CT molecular complexity index is 443. The highest BCUT2D eigenvalue weighted by Crippen LogP contribution is 2.08. The number of anilines is 1. The van der Waals surface area contributed by atoms with E-state index in [0.29, 0.717) is 0 Å². The minimum Gasteiger partial charge on any atom is -0.388 e. The second-order valence-corrected chi connectivity index (χ2v) is 4.12. The number of carbonyl (C=O) groups is 2. The first-order chi connectivity index (χ1) is 7.86. The quantitative estimate of drug-likeness (QED) is 0.691. The topological polar surface area (TPSA) is 97.1 Å². The summed E-state index contributed by atoms with van der Waals surface area (Å²) in [4.78, 5) is 26.8. The van der Waals surface area contributed by atoms with Gasteiger partial charge in [-0.2, -0.15) is 0 Å². The molecule has 0 bridgehead atoms. The Morgan fingerprint density at radius 2 is 2.06 bits per heavy atom. The molecule has 0 saturated carbocycles. The second-order valence-electron chi connectivity index (χ2n) is 4.12. The fourth-order valence-electron chi connectivity index (χ4n) is 1.12. The minimum atomic E-state index is -1.10. The molecule has 92 valence electrons. The summed E-state index contributed by atoms with van der Waals surface area (Å²) in [7, 11) is 1.74. The Morgan fingerprint density at radius 3 is 2.59 bits per heavy atom. The summed E-state index contributed by atoms with van der Waals surface area (Å²) in [6.45, 7) is 3.07. The molecule has 1 rings (SSSR count). The van der Waals surface area contributed by atoms with Gasteiger partial charge in [0.15, 0.2) is 0 Å². The predicted molar refractivity (Wildman–Crippen MR) is 64.5 cm³/mol. The van der Waals surface area contributed by atoms with Crippen LogP contribution in [-0.2, 0) is 4.79 Å².